The van der Waals surface area contributed by atoms with Crippen molar-refractivity contribution in [2.75, 3.05) is 32.1 Å². The van der Waals surface area contributed by atoms with Crippen molar-refractivity contribution < 1.29 is 14.7 Å². The second kappa shape index (κ2) is 5.40. The Kier molecular flexibility index (Phi) is 3.84. The quantitative estimate of drug-likeness (QED) is 0.804. The maximum absolute atomic E-state index is 11.8. The van der Waals surface area contributed by atoms with E-state index in [1.54, 1.807) is 17.1 Å². The molecule has 0 aliphatic carbocycles. The molecule has 0 spiro atoms. The van der Waals surface area contributed by atoms with Crippen molar-refractivity contribution in [2.45, 2.75) is 13.0 Å². The molecule has 0 saturated carbocycles. The number of carboxylic acids is 1. The average Bonchev–Trinajstić information content (AvgIpc) is 2.92. The predicted octanol–water partition coefficient (Wildman–Crippen LogP) is -0.118. The molecule has 1 saturated heterocycles. The largest absolute Gasteiger partial charge is 0.481 e. The zero-order valence-corrected chi connectivity index (χ0v) is 11.1. The van der Waals surface area contributed by atoms with Gasteiger partial charge >= 0.3 is 5.97 Å². The number of carboxylic acid groups (broad SMARTS) is 1. The molecule has 7 nitrogen and oxygen atoms in total. The zero-order valence-electron chi connectivity index (χ0n) is 11.1. The standard InChI is InChI=1S/C12H18N4O3/c1-14(2)3-4-15-8-10(6-13-15)16-7-9(12(18)19)5-11(16)17/h6,8-9H,3-5,7H2,1-2H3,(H,18,19). The highest BCUT2D eigenvalue weighted by molar-refractivity contribution is 5.98. The van der Waals surface area contributed by atoms with Crippen molar-refractivity contribution in [1.29, 1.82) is 0 Å². The Morgan fingerprint density at radius 3 is 2.89 bits per heavy atom. The van der Waals surface area contributed by atoms with Crippen molar-refractivity contribution in [3.63, 3.8) is 0 Å². The lowest BCUT2D eigenvalue weighted by Crippen LogP contribution is -2.25. The fraction of sp³-hybridized carbons (Fsp3) is 0.583. The summed E-state index contributed by atoms with van der Waals surface area (Å²) in [7, 11) is 3.96. The van der Waals surface area contributed by atoms with Crippen LogP contribution in [0.15, 0.2) is 12.4 Å². The van der Waals surface area contributed by atoms with Crippen LogP contribution in [0.2, 0.25) is 0 Å². The van der Waals surface area contributed by atoms with Crippen LogP contribution >= 0.6 is 0 Å². The first kappa shape index (κ1) is 13.5. The Morgan fingerprint density at radius 1 is 1.58 bits per heavy atom. The SMILES string of the molecule is CN(C)CCn1cc(N2CC(C(=O)O)CC2=O)cn1. The van der Waals surface area contributed by atoms with Gasteiger partial charge in [0.25, 0.3) is 0 Å². The van der Waals surface area contributed by atoms with Crippen molar-refractivity contribution in [2.24, 2.45) is 5.92 Å². The number of carbonyl (C=O) groups excluding carboxylic acids is 1. The van der Waals surface area contributed by atoms with Crippen LogP contribution in [0.3, 0.4) is 0 Å². The van der Waals surface area contributed by atoms with E-state index in [4.69, 9.17) is 5.11 Å². The summed E-state index contributed by atoms with van der Waals surface area (Å²) in [6.45, 7) is 1.82. The molecule has 1 aliphatic rings. The van der Waals surface area contributed by atoms with Crippen LogP contribution in [0.25, 0.3) is 0 Å². The molecule has 1 N–H and O–H groups in total. The molecular weight excluding hydrogens is 248 g/mol. The van der Waals surface area contributed by atoms with Gasteiger partial charge in [0.2, 0.25) is 5.91 Å². The number of likely N-dealkylation sites (N-methyl/N-ethyl adjacent to an activating group) is 1. The molecule has 0 bridgehead atoms. The Balaban J connectivity index is 2.02. The highest BCUT2D eigenvalue weighted by atomic mass is 16.4. The predicted molar refractivity (Wildman–Crippen MR) is 68.9 cm³/mol. The topological polar surface area (TPSA) is 78.7 Å². The van der Waals surface area contributed by atoms with Crippen LogP contribution in [0.4, 0.5) is 5.69 Å². The lowest BCUT2D eigenvalue weighted by atomic mass is 10.1. The van der Waals surface area contributed by atoms with E-state index in [-0.39, 0.29) is 18.9 Å². The molecule has 1 aromatic heterocycles. The fourth-order valence-electron chi connectivity index (χ4n) is 2.04. The van der Waals surface area contributed by atoms with Crippen LogP contribution < -0.4 is 4.90 Å². The zero-order chi connectivity index (χ0) is 14.0. The summed E-state index contributed by atoms with van der Waals surface area (Å²) in [5.41, 5.74) is 0.674. The number of rotatable bonds is 5. The number of hydrogen-bond donors (Lipinski definition) is 1. The molecule has 0 radical (unpaired) electrons. The van der Waals surface area contributed by atoms with Gasteiger partial charge in [-0.3, -0.25) is 14.3 Å². The Hall–Kier alpha value is -1.89. The van der Waals surface area contributed by atoms with Gasteiger partial charge in [-0.05, 0) is 14.1 Å². The molecule has 1 fully saturated rings. The lowest BCUT2D eigenvalue weighted by molar-refractivity contribution is -0.141. The molecular formula is C12H18N4O3. The van der Waals surface area contributed by atoms with E-state index in [1.165, 1.54) is 4.90 Å². The van der Waals surface area contributed by atoms with Crippen molar-refractivity contribution in [1.82, 2.24) is 14.7 Å². The van der Waals surface area contributed by atoms with E-state index in [0.717, 1.165) is 13.1 Å². The fourth-order valence-corrected chi connectivity index (χ4v) is 2.04. The Morgan fingerprint density at radius 2 is 2.32 bits per heavy atom. The van der Waals surface area contributed by atoms with E-state index in [2.05, 4.69) is 5.10 Å². The van der Waals surface area contributed by atoms with Crippen molar-refractivity contribution in [3.05, 3.63) is 12.4 Å². The minimum atomic E-state index is -0.921. The van der Waals surface area contributed by atoms with Gasteiger partial charge in [-0.15, -0.1) is 0 Å². The number of hydrogen-bond acceptors (Lipinski definition) is 4. The van der Waals surface area contributed by atoms with Crippen LogP contribution in [0.5, 0.6) is 0 Å². The number of carbonyl (C=O) groups is 2. The van der Waals surface area contributed by atoms with Crippen LogP contribution in [0, 0.1) is 5.92 Å². The molecule has 1 amide bonds. The molecule has 104 valence electrons. The van der Waals surface area contributed by atoms with Gasteiger partial charge in [0, 0.05) is 25.7 Å². The number of anilines is 1. The Bertz CT molecular complexity index is 483. The van der Waals surface area contributed by atoms with Gasteiger partial charge in [-0.2, -0.15) is 5.10 Å². The number of aromatic nitrogens is 2. The second-order valence-corrected chi connectivity index (χ2v) is 5.01. The number of nitrogens with zero attached hydrogens (tertiary/aromatic N) is 4. The monoisotopic (exact) mass is 266 g/mol. The molecule has 1 unspecified atom stereocenters. The summed E-state index contributed by atoms with van der Waals surface area (Å²) in [5, 5.41) is 13.1. The highest BCUT2D eigenvalue weighted by Crippen LogP contribution is 2.24. The third-order valence-corrected chi connectivity index (χ3v) is 3.18. The first-order valence-electron chi connectivity index (χ1n) is 6.17. The third kappa shape index (κ3) is 3.11. The smallest absolute Gasteiger partial charge is 0.308 e. The summed E-state index contributed by atoms with van der Waals surface area (Å²) in [6.07, 6.45) is 3.46. The Labute approximate surface area is 111 Å². The van der Waals surface area contributed by atoms with Gasteiger partial charge in [-0.1, -0.05) is 0 Å². The molecule has 1 aliphatic heterocycles. The number of aliphatic carboxylic acids is 1. The maximum atomic E-state index is 11.8. The second-order valence-electron chi connectivity index (χ2n) is 5.01. The summed E-state index contributed by atoms with van der Waals surface area (Å²) < 4.78 is 1.76. The molecule has 2 heterocycles. The van der Waals surface area contributed by atoms with E-state index >= 15 is 0 Å². The summed E-state index contributed by atoms with van der Waals surface area (Å²) >= 11 is 0. The highest BCUT2D eigenvalue weighted by Gasteiger charge is 2.35. The van der Waals surface area contributed by atoms with E-state index < -0.39 is 11.9 Å². The summed E-state index contributed by atoms with van der Waals surface area (Å²) in [4.78, 5) is 26.2. The van der Waals surface area contributed by atoms with E-state index in [9.17, 15) is 9.59 Å². The van der Waals surface area contributed by atoms with Crippen LogP contribution in [-0.4, -0.2) is 58.8 Å². The van der Waals surface area contributed by atoms with Gasteiger partial charge in [0.1, 0.15) is 0 Å². The normalized spacial score (nSPS) is 19.4. The van der Waals surface area contributed by atoms with Gasteiger partial charge in [-0.25, -0.2) is 0 Å². The maximum Gasteiger partial charge on any atom is 0.308 e. The van der Waals surface area contributed by atoms with E-state index in [0.29, 0.717) is 5.69 Å². The van der Waals surface area contributed by atoms with Gasteiger partial charge < -0.3 is 14.9 Å². The summed E-state index contributed by atoms with van der Waals surface area (Å²) in [5.74, 6) is -1.69. The van der Waals surface area contributed by atoms with Gasteiger partial charge in [0.15, 0.2) is 0 Å². The lowest BCUT2D eigenvalue weighted by Gasteiger charge is -2.13. The molecule has 2 rings (SSSR count). The number of amides is 1. The minimum Gasteiger partial charge on any atom is -0.481 e. The first-order valence-corrected chi connectivity index (χ1v) is 6.17. The molecule has 19 heavy (non-hydrogen) atoms. The molecule has 1 aromatic rings. The molecule has 7 heteroatoms. The summed E-state index contributed by atoms with van der Waals surface area (Å²) in [6, 6.07) is 0. The van der Waals surface area contributed by atoms with E-state index in [1.807, 2.05) is 19.0 Å². The first-order chi connectivity index (χ1) is 8.97. The van der Waals surface area contributed by atoms with Crippen molar-refractivity contribution in [3.8, 4) is 0 Å². The average molecular weight is 266 g/mol. The van der Waals surface area contributed by atoms with Crippen molar-refractivity contribution >= 4 is 17.6 Å². The van der Waals surface area contributed by atoms with Crippen LogP contribution in [-0.2, 0) is 16.1 Å². The van der Waals surface area contributed by atoms with Crippen LogP contribution in [0.1, 0.15) is 6.42 Å². The third-order valence-electron chi connectivity index (χ3n) is 3.18. The molecule has 1 atom stereocenters. The van der Waals surface area contributed by atoms with Gasteiger partial charge in [0.05, 0.1) is 24.3 Å². The minimum absolute atomic E-state index is 0.0677. The molecule has 0 aromatic carbocycles.